The number of Topliss-reactive ketones (excluding diaryl/α,β-unsaturated/α-hetero) is 1. The number of benzene rings is 1. The van der Waals surface area contributed by atoms with Gasteiger partial charge < -0.3 is 9.64 Å². The maximum Gasteiger partial charge on any atom is 0.260 e. The monoisotopic (exact) mass is 273 g/mol. The topological polar surface area (TPSA) is 46.6 Å². The maximum absolute atomic E-state index is 11.9. The van der Waals surface area contributed by atoms with Crippen molar-refractivity contribution in [3.8, 4) is 5.75 Å². The lowest BCUT2D eigenvalue weighted by Gasteiger charge is -2.18. The smallest absolute Gasteiger partial charge is 0.260 e. The second-order valence-electron chi connectivity index (χ2n) is 5.62. The summed E-state index contributed by atoms with van der Waals surface area (Å²) in [5.41, 5.74) is 1.85. The van der Waals surface area contributed by atoms with Crippen molar-refractivity contribution in [1.29, 1.82) is 0 Å². The molecule has 1 amide bonds. The minimum atomic E-state index is 0.0151. The van der Waals surface area contributed by atoms with Crippen molar-refractivity contribution in [3.05, 3.63) is 29.3 Å². The standard InChI is InChI=1S/C16H19NO3/c1-17(12-5-6-12)16(19)10-20-13-7-8-14-11(9-13)3-2-4-15(14)18/h7-9,12H,2-6,10H2,1H3. The van der Waals surface area contributed by atoms with Gasteiger partial charge in [0.15, 0.2) is 12.4 Å². The number of likely N-dealkylation sites (N-methyl/N-ethyl adjacent to an activating group) is 1. The van der Waals surface area contributed by atoms with Crippen LogP contribution in [0, 0.1) is 0 Å². The molecule has 0 bridgehead atoms. The maximum atomic E-state index is 11.9. The van der Waals surface area contributed by atoms with E-state index in [9.17, 15) is 9.59 Å². The van der Waals surface area contributed by atoms with Gasteiger partial charge in [-0.25, -0.2) is 0 Å². The molecule has 1 saturated carbocycles. The van der Waals surface area contributed by atoms with Crippen molar-refractivity contribution >= 4 is 11.7 Å². The van der Waals surface area contributed by atoms with Gasteiger partial charge in [-0.15, -0.1) is 0 Å². The van der Waals surface area contributed by atoms with E-state index in [1.807, 2.05) is 19.2 Å². The summed E-state index contributed by atoms with van der Waals surface area (Å²) in [5.74, 6) is 0.902. The summed E-state index contributed by atoms with van der Waals surface area (Å²) in [4.78, 5) is 25.4. The van der Waals surface area contributed by atoms with Crippen LogP contribution in [-0.4, -0.2) is 36.3 Å². The molecule has 106 valence electrons. The molecule has 1 aromatic rings. The molecule has 1 aromatic carbocycles. The average molecular weight is 273 g/mol. The van der Waals surface area contributed by atoms with Crippen LogP contribution in [0.5, 0.6) is 5.75 Å². The quantitative estimate of drug-likeness (QED) is 0.845. The molecule has 1 fully saturated rings. The van der Waals surface area contributed by atoms with Crippen LogP contribution in [0.3, 0.4) is 0 Å². The number of ether oxygens (including phenoxy) is 1. The van der Waals surface area contributed by atoms with Gasteiger partial charge >= 0.3 is 0 Å². The zero-order valence-electron chi connectivity index (χ0n) is 11.7. The molecule has 0 N–H and O–H groups in total. The van der Waals surface area contributed by atoms with Crippen molar-refractivity contribution in [2.24, 2.45) is 0 Å². The van der Waals surface area contributed by atoms with Gasteiger partial charge in [-0.3, -0.25) is 9.59 Å². The Bertz CT molecular complexity index is 549. The molecule has 0 spiro atoms. The number of fused-ring (bicyclic) bond motifs is 1. The molecule has 4 heteroatoms. The minimum Gasteiger partial charge on any atom is -0.484 e. The first-order chi connectivity index (χ1) is 9.65. The zero-order valence-corrected chi connectivity index (χ0v) is 11.7. The summed E-state index contributed by atoms with van der Waals surface area (Å²) in [6.07, 6.45) is 4.65. The molecule has 20 heavy (non-hydrogen) atoms. The fourth-order valence-electron chi connectivity index (χ4n) is 2.63. The van der Waals surface area contributed by atoms with Crippen molar-refractivity contribution in [2.45, 2.75) is 38.1 Å². The normalized spacial score (nSPS) is 17.6. The van der Waals surface area contributed by atoms with Gasteiger partial charge in [0, 0.05) is 25.1 Å². The number of carbonyl (C=O) groups excluding carboxylic acids is 2. The largest absolute Gasteiger partial charge is 0.484 e. The third kappa shape index (κ3) is 2.69. The minimum absolute atomic E-state index is 0.0151. The first kappa shape index (κ1) is 13.2. The highest BCUT2D eigenvalue weighted by Crippen LogP contribution is 2.27. The molecule has 0 unspecified atom stereocenters. The molecule has 0 aromatic heterocycles. The molecule has 0 heterocycles. The van der Waals surface area contributed by atoms with Crippen LogP contribution in [0.1, 0.15) is 41.6 Å². The van der Waals surface area contributed by atoms with E-state index in [0.717, 1.165) is 36.8 Å². The van der Waals surface area contributed by atoms with Crippen LogP contribution in [0.2, 0.25) is 0 Å². The number of hydrogen-bond acceptors (Lipinski definition) is 3. The van der Waals surface area contributed by atoms with Gasteiger partial charge in [0.1, 0.15) is 5.75 Å². The Labute approximate surface area is 118 Å². The van der Waals surface area contributed by atoms with E-state index in [1.165, 1.54) is 0 Å². The van der Waals surface area contributed by atoms with E-state index in [1.54, 1.807) is 11.0 Å². The molecular formula is C16H19NO3. The first-order valence-electron chi connectivity index (χ1n) is 7.20. The molecule has 0 saturated heterocycles. The fourth-order valence-corrected chi connectivity index (χ4v) is 2.63. The van der Waals surface area contributed by atoms with E-state index in [4.69, 9.17) is 4.74 Å². The summed E-state index contributed by atoms with van der Waals surface area (Å²) < 4.78 is 5.57. The molecule has 0 atom stereocenters. The number of rotatable bonds is 4. The second-order valence-corrected chi connectivity index (χ2v) is 5.62. The lowest BCUT2D eigenvalue weighted by Crippen LogP contribution is -2.33. The highest BCUT2D eigenvalue weighted by atomic mass is 16.5. The Kier molecular flexibility index (Phi) is 3.47. The van der Waals surface area contributed by atoms with Gasteiger partial charge in [-0.1, -0.05) is 0 Å². The van der Waals surface area contributed by atoms with Gasteiger partial charge in [-0.2, -0.15) is 0 Å². The van der Waals surface area contributed by atoms with Crippen molar-refractivity contribution in [3.63, 3.8) is 0 Å². The zero-order chi connectivity index (χ0) is 14.1. The summed E-state index contributed by atoms with van der Waals surface area (Å²) in [5, 5.41) is 0. The van der Waals surface area contributed by atoms with Crippen LogP contribution in [0.25, 0.3) is 0 Å². The molecule has 2 aliphatic carbocycles. The summed E-state index contributed by atoms with van der Waals surface area (Å²) in [7, 11) is 1.83. The van der Waals surface area contributed by atoms with Gasteiger partial charge in [0.25, 0.3) is 5.91 Å². The second kappa shape index (κ2) is 5.27. The summed E-state index contributed by atoms with van der Waals surface area (Å²) in [6.45, 7) is 0.0692. The Morgan fingerprint density at radius 1 is 1.35 bits per heavy atom. The number of aryl methyl sites for hydroxylation is 1. The van der Waals surface area contributed by atoms with Crippen molar-refractivity contribution in [2.75, 3.05) is 13.7 Å². The number of amides is 1. The lowest BCUT2D eigenvalue weighted by atomic mass is 9.91. The Morgan fingerprint density at radius 2 is 2.15 bits per heavy atom. The van der Waals surface area contributed by atoms with Crippen LogP contribution in [0.15, 0.2) is 18.2 Å². The average Bonchev–Trinajstić information content (AvgIpc) is 3.28. The van der Waals surface area contributed by atoms with Gasteiger partial charge in [0.05, 0.1) is 0 Å². The van der Waals surface area contributed by atoms with E-state index >= 15 is 0 Å². The third-order valence-electron chi connectivity index (χ3n) is 4.08. The molecule has 4 nitrogen and oxygen atoms in total. The van der Waals surface area contributed by atoms with Crippen LogP contribution >= 0.6 is 0 Å². The predicted octanol–water partition coefficient (Wildman–Crippen LogP) is 2.21. The molecule has 3 rings (SSSR count). The SMILES string of the molecule is CN(C(=O)COc1ccc2c(c1)CCCC2=O)C1CC1. The van der Waals surface area contributed by atoms with Crippen LogP contribution in [0.4, 0.5) is 0 Å². The fraction of sp³-hybridized carbons (Fsp3) is 0.500. The molecule has 0 aliphatic heterocycles. The molecule has 2 aliphatic rings. The third-order valence-corrected chi connectivity index (χ3v) is 4.08. The van der Waals surface area contributed by atoms with Gasteiger partial charge in [-0.05, 0) is 49.4 Å². The number of carbonyl (C=O) groups is 2. The van der Waals surface area contributed by atoms with Crippen molar-refractivity contribution < 1.29 is 14.3 Å². The van der Waals surface area contributed by atoms with E-state index in [0.29, 0.717) is 18.2 Å². The number of hydrogen-bond donors (Lipinski definition) is 0. The van der Waals surface area contributed by atoms with Crippen LogP contribution < -0.4 is 4.74 Å². The van der Waals surface area contributed by atoms with Crippen LogP contribution in [-0.2, 0) is 11.2 Å². The Morgan fingerprint density at radius 3 is 2.90 bits per heavy atom. The first-order valence-corrected chi connectivity index (χ1v) is 7.20. The lowest BCUT2D eigenvalue weighted by molar-refractivity contribution is -0.132. The Hall–Kier alpha value is -1.84. The van der Waals surface area contributed by atoms with E-state index in [-0.39, 0.29) is 18.3 Å². The molecule has 0 radical (unpaired) electrons. The Balaban J connectivity index is 1.63. The molecular weight excluding hydrogens is 254 g/mol. The predicted molar refractivity (Wildman–Crippen MR) is 75.0 cm³/mol. The highest BCUT2D eigenvalue weighted by Gasteiger charge is 2.29. The van der Waals surface area contributed by atoms with E-state index < -0.39 is 0 Å². The summed E-state index contributed by atoms with van der Waals surface area (Å²) >= 11 is 0. The van der Waals surface area contributed by atoms with Crippen molar-refractivity contribution in [1.82, 2.24) is 4.90 Å². The number of nitrogens with zero attached hydrogens (tertiary/aromatic N) is 1. The van der Waals surface area contributed by atoms with E-state index in [2.05, 4.69) is 0 Å². The highest BCUT2D eigenvalue weighted by molar-refractivity contribution is 5.98. The number of ketones is 1. The summed E-state index contributed by atoms with van der Waals surface area (Å²) in [6, 6.07) is 5.91. The van der Waals surface area contributed by atoms with Gasteiger partial charge in [0.2, 0.25) is 0 Å².